The maximum absolute atomic E-state index is 12.5. The molecular formula is C24H42O6. The van der Waals surface area contributed by atoms with Crippen LogP contribution in [-0.4, -0.2) is 46.6 Å². The lowest BCUT2D eigenvalue weighted by Gasteiger charge is -2.38. The molecule has 2 N–H and O–H groups in total. The molecule has 8 atom stereocenters. The first-order valence-corrected chi connectivity index (χ1v) is 11.8. The van der Waals surface area contributed by atoms with Crippen LogP contribution in [0.4, 0.5) is 0 Å². The van der Waals surface area contributed by atoms with Crippen molar-refractivity contribution in [1.82, 2.24) is 0 Å². The number of ether oxygens (including phenoxy) is 2. The van der Waals surface area contributed by atoms with E-state index >= 15 is 0 Å². The molecule has 0 radical (unpaired) electrons. The van der Waals surface area contributed by atoms with E-state index in [0.717, 1.165) is 38.5 Å². The Kier molecular flexibility index (Phi) is 9.16. The van der Waals surface area contributed by atoms with Crippen molar-refractivity contribution >= 4 is 11.9 Å². The smallest absolute Gasteiger partial charge is 0.338 e. The van der Waals surface area contributed by atoms with E-state index in [1.807, 2.05) is 0 Å². The summed E-state index contributed by atoms with van der Waals surface area (Å²) in [6, 6.07) is 0. The molecule has 2 aliphatic rings. The molecule has 0 bridgehead atoms. The zero-order valence-corrected chi connectivity index (χ0v) is 19.5. The molecule has 0 unspecified atom stereocenters. The second-order valence-corrected chi connectivity index (χ2v) is 10.5. The Morgan fingerprint density at radius 1 is 0.700 bits per heavy atom. The molecule has 2 aliphatic carbocycles. The Bertz CT molecular complexity index is 524. The monoisotopic (exact) mass is 426 g/mol. The number of carbonyl (C=O) groups is 2. The minimum absolute atomic E-state index is 0.219. The van der Waals surface area contributed by atoms with Crippen molar-refractivity contribution in [3.63, 3.8) is 0 Å². The molecule has 0 heterocycles. The summed E-state index contributed by atoms with van der Waals surface area (Å²) < 4.78 is 11.2. The van der Waals surface area contributed by atoms with Gasteiger partial charge in [0.05, 0.1) is 0 Å². The number of hydrogen-bond acceptors (Lipinski definition) is 6. The molecule has 0 amide bonds. The summed E-state index contributed by atoms with van der Waals surface area (Å²) >= 11 is 0. The van der Waals surface area contributed by atoms with E-state index in [1.54, 1.807) is 0 Å². The molecular weight excluding hydrogens is 384 g/mol. The molecule has 0 aromatic rings. The van der Waals surface area contributed by atoms with Crippen molar-refractivity contribution in [2.24, 2.45) is 35.5 Å². The van der Waals surface area contributed by atoms with Gasteiger partial charge in [0.1, 0.15) is 12.2 Å². The zero-order valence-electron chi connectivity index (χ0n) is 19.5. The van der Waals surface area contributed by atoms with E-state index in [1.165, 1.54) is 0 Å². The SMILES string of the molecule is CC(C)[C@H]1CC[C@H](C)C[C@H]1OC(=O)[C@@H](O)[C@@H](O)C(=O)O[C@@H]1C[C@H](C)CC[C@@H]1C(C)C. The second-order valence-electron chi connectivity index (χ2n) is 10.5. The summed E-state index contributed by atoms with van der Waals surface area (Å²) in [5.74, 6) is 0.126. The van der Waals surface area contributed by atoms with Gasteiger partial charge in [0.15, 0.2) is 12.2 Å². The van der Waals surface area contributed by atoms with Crippen LogP contribution in [0.2, 0.25) is 0 Å². The third-order valence-corrected chi connectivity index (χ3v) is 7.24. The van der Waals surface area contributed by atoms with Crippen molar-refractivity contribution < 1.29 is 29.3 Å². The maximum atomic E-state index is 12.5. The highest BCUT2D eigenvalue weighted by Gasteiger charge is 2.40. The molecule has 0 aliphatic heterocycles. The fourth-order valence-electron chi connectivity index (χ4n) is 5.20. The minimum atomic E-state index is -1.93. The zero-order chi connectivity index (χ0) is 22.6. The van der Waals surface area contributed by atoms with Gasteiger partial charge in [-0.05, 0) is 61.2 Å². The third-order valence-electron chi connectivity index (χ3n) is 7.24. The summed E-state index contributed by atoms with van der Waals surface area (Å²) in [4.78, 5) is 25.0. The summed E-state index contributed by atoms with van der Waals surface area (Å²) in [7, 11) is 0. The molecule has 0 aromatic carbocycles. The van der Waals surface area contributed by atoms with Crippen molar-refractivity contribution in [1.29, 1.82) is 0 Å². The lowest BCUT2D eigenvalue weighted by atomic mass is 9.75. The summed E-state index contributed by atoms with van der Waals surface area (Å²) in [5.41, 5.74) is 0. The van der Waals surface area contributed by atoms with Crippen molar-refractivity contribution in [3.8, 4) is 0 Å². The lowest BCUT2D eigenvalue weighted by molar-refractivity contribution is -0.185. The Balaban J connectivity index is 1.96. The number of aliphatic hydroxyl groups excluding tert-OH is 2. The van der Waals surface area contributed by atoms with E-state index in [0.29, 0.717) is 23.7 Å². The van der Waals surface area contributed by atoms with Crippen LogP contribution in [-0.2, 0) is 19.1 Å². The highest BCUT2D eigenvalue weighted by molar-refractivity contribution is 5.85. The number of carbonyl (C=O) groups excluding carboxylic acids is 2. The number of aliphatic hydroxyl groups is 2. The first kappa shape index (κ1) is 25.1. The van der Waals surface area contributed by atoms with Crippen molar-refractivity contribution in [2.45, 2.75) is 104 Å². The topological polar surface area (TPSA) is 93.1 Å². The Morgan fingerprint density at radius 3 is 1.33 bits per heavy atom. The van der Waals surface area contributed by atoms with Gasteiger partial charge in [0.2, 0.25) is 0 Å². The fraction of sp³-hybridized carbons (Fsp3) is 0.917. The van der Waals surface area contributed by atoms with Gasteiger partial charge in [0.25, 0.3) is 0 Å². The van der Waals surface area contributed by atoms with Gasteiger partial charge in [-0.2, -0.15) is 0 Å². The maximum Gasteiger partial charge on any atom is 0.338 e. The molecule has 0 spiro atoms. The van der Waals surface area contributed by atoms with Gasteiger partial charge < -0.3 is 19.7 Å². The van der Waals surface area contributed by atoms with Crippen LogP contribution in [0.1, 0.15) is 80.1 Å². The van der Waals surface area contributed by atoms with E-state index in [4.69, 9.17) is 9.47 Å². The van der Waals surface area contributed by atoms with Gasteiger partial charge in [-0.15, -0.1) is 0 Å². The standard InChI is InChI=1S/C24H42O6/c1-13(2)17-9-7-15(5)11-19(17)29-23(27)21(25)22(26)24(28)30-20-12-16(6)8-10-18(20)14(3)4/h13-22,25-26H,7-12H2,1-6H3/t15-,16+,17-,18-,19-,20-,21-,22+/m1/s1. The molecule has 2 rings (SSSR count). The summed E-state index contributed by atoms with van der Waals surface area (Å²) in [6.45, 7) is 12.6. The number of esters is 2. The van der Waals surface area contributed by atoms with Gasteiger partial charge in [0, 0.05) is 0 Å². The molecule has 2 saturated carbocycles. The quantitative estimate of drug-likeness (QED) is 0.603. The lowest BCUT2D eigenvalue weighted by Crippen LogP contribution is -2.47. The average Bonchev–Trinajstić information content (AvgIpc) is 2.66. The molecule has 0 saturated heterocycles. The molecule has 2 fully saturated rings. The second kappa shape index (κ2) is 10.9. The van der Waals surface area contributed by atoms with Crippen LogP contribution in [0.5, 0.6) is 0 Å². The first-order valence-electron chi connectivity index (χ1n) is 11.8. The fourth-order valence-corrected chi connectivity index (χ4v) is 5.20. The van der Waals surface area contributed by atoms with E-state index in [2.05, 4.69) is 41.5 Å². The van der Waals surface area contributed by atoms with Crippen LogP contribution in [0.15, 0.2) is 0 Å². The first-order chi connectivity index (χ1) is 14.0. The molecule has 6 nitrogen and oxygen atoms in total. The van der Waals surface area contributed by atoms with Gasteiger partial charge in [-0.1, -0.05) is 54.4 Å². The summed E-state index contributed by atoms with van der Waals surface area (Å²) in [6.07, 6.45) is 1.11. The van der Waals surface area contributed by atoms with Crippen LogP contribution in [0.25, 0.3) is 0 Å². The third kappa shape index (κ3) is 6.43. The minimum Gasteiger partial charge on any atom is -0.460 e. The van der Waals surface area contributed by atoms with Crippen LogP contribution < -0.4 is 0 Å². The van der Waals surface area contributed by atoms with Crippen molar-refractivity contribution in [3.05, 3.63) is 0 Å². The van der Waals surface area contributed by atoms with E-state index in [9.17, 15) is 19.8 Å². The number of rotatable bonds is 7. The molecule has 174 valence electrons. The van der Waals surface area contributed by atoms with Crippen LogP contribution in [0, 0.1) is 35.5 Å². The molecule has 30 heavy (non-hydrogen) atoms. The van der Waals surface area contributed by atoms with E-state index < -0.39 is 24.1 Å². The molecule has 6 heteroatoms. The van der Waals surface area contributed by atoms with E-state index in [-0.39, 0.29) is 24.0 Å². The highest BCUT2D eigenvalue weighted by Crippen LogP contribution is 2.37. The summed E-state index contributed by atoms with van der Waals surface area (Å²) in [5, 5.41) is 20.6. The van der Waals surface area contributed by atoms with Gasteiger partial charge in [-0.25, -0.2) is 9.59 Å². The Labute approximate surface area is 181 Å². The van der Waals surface area contributed by atoms with Crippen molar-refractivity contribution in [2.75, 3.05) is 0 Å². The predicted octanol–water partition coefficient (Wildman–Crippen LogP) is 3.72. The van der Waals surface area contributed by atoms with Gasteiger partial charge >= 0.3 is 11.9 Å². The average molecular weight is 427 g/mol. The Hall–Kier alpha value is -1.14. The van der Waals surface area contributed by atoms with Crippen LogP contribution >= 0.6 is 0 Å². The normalized spacial score (nSPS) is 34.5. The van der Waals surface area contributed by atoms with Gasteiger partial charge in [-0.3, -0.25) is 0 Å². The Morgan fingerprint density at radius 2 is 1.03 bits per heavy atom. The molecule has 0 aromatic heterocycles. The largest absolute Gasteiger partial charge is 0.460 e. The van der Waals surface area contributed by atoms with Crippen LogP contribution in [0.3, 0.4) is 0 Å². The highest BCUT2D eigenvalue weighted by atomic mass is 16.6. The predicted molar refractivity (Wildman–Crippen MR) is 114 cm³/mol. The number of hydrogen-bond donors (Lipinski definition) is 2.